The van der Waals surface area contributed by atoms with Crippen LogP contribution in [0.2, 0.25) is 0 Å². The molecule has 2 N–H and O–H groups in total. The molecule has 3 heteroatoms. The minimum Gasteiger partial charge on any atom is -0.352 e. The maximum atomic E-state index is 12.0. The van der Waals surface area contributed by atoms with Crippen LogP contribution in [0.15, 0.2) is 12.2 Å². The van der Waals surface area contributed by atoms with E-state index < -0.39 is 0 Å². The summed E-state index contributed by atoms with van der Waals surface area (Å²) < 4.78 is 0. The maximum absolute atomic E-state index is 12.0. The third-order valence-corrected chi connectivity index (χ3v) is 3.84. The van der Waals surface area contributed by atoms with Gasteiger partial charge >= 0.3 is 0 Å². The van der Waals surface area contributed by atoms with Crippen LogP contribution in [-0.2, 0) is 4.79 Å². The second kappa shape index (κ2) is 6.20. The molecule has 1 fully saturated rings. The summed E-state index contributed by atoms with van der Waals surface area (Å²) in [6.07, 6.45) is 12.6. The second-order valence-corrected chi connectivity index (χ2v) is 5.37. The van der Waals surface area contributed by atoms with Crippen LogP contribution in [0.5, 0.6) is 0 Å². The Kier molecular flexibility index (Phi) is 4.60. The molecule has 1 unspecified atom stereocenters. The lowest BCUT2D eigenvalue weighted by Gasteiger charge is -2.26. The average Bonchev–Trinajstić information content (AvgIpc) is 2.83. The van der Waals surface area contributed by atoms with Crippen molar-refractivity contribution >= 4 is 5.91 Å². The highest BCUT2D eigenvalue weighted by Crippen LogP contribution is 2.17. The molecule has 1 saturated carbocycles. The van der Waals surface area contributed by atoms with Gasteiger partial charge in [0.15, 0.2) is 0 Å². The molecule has 2 aliphatic rings. The molecule has 3 nitrogen and oxygen atoms in total. The molecule has 0 spiro atoms. The van der Waals surface area contributed by atoms with Crippen molar-refractivity contribution in [2.45, 2.75) is 70.0 Å². The van der Waals surface area contributed by atoms with Gasteiger partial charge in [-0.2, -0.15) is 0 Å². The van der Waals surface area contributed by atoms with Crippen LogP contribution in [0, 0.1) is 0 Å². The lowest BCUT2D eigenvalue weighted by Crippen LogP contribution is -2.49. The Morgan fingerprint density at radius 1 is 1.12 bits per heavy atom. The van der Waals surface area contributed by atoms with Gasteiger partial charge in [-0.05, 0) is 32.6 Å². The van der Waals surface area contributed by atoms with Crippen molar-refractivity contribution in [1.29, 1.82) is 0 Å². The van der Waals surface area contributed by atoms with Crippen LogP contribution in [0.1, 0.15) is 51.9 Å². The summed E-state index contributed by atoms with van der Waals surface area (Å²) in [5, 5.41) is 6.56. The Bertz CT molecular complexity index is 274. The molecular weight excluding hydrogens is 212 g/mol. The fourth-order valence-electron chi connectivity index (χ4n) is 2.76. The second-order valence-electron chi connectivity index (χ2n) is 5.37. The number of hydrogen-bond donors (Lipinski definition) is 2. The lowest BCUT2D eigenvalue weighted by molar-refractivity contribution is -0.123. The summed E-state index contributed by atoms with van der Waals surface area (Å²) in [6.45, 7) is 1.97. The zero-order valence-electron chi connectivity index (χ0n) is 10.7. The zero-order chi connectivity index (χ0) is 12.1. The third kappa shape index (κ3) is 3.84. The van der Waals surface area contributed by atoms with Gasteiger partial charge in [0, 0.05) is 12.1 Å². The quantitative estimate of drug-likeness (QED) is 0.734. The summed E-state index contributed by atoms with van der Waals surface area (Å²) in [7, 11) is 0. The highest BCUT2D eigenvalue weighted by molar-refractivity contribution is 5.81. The molecular formula is C14H24N2O. The van der Waals surface area contributed by atoms with Crippen molar-refractivity contribution in [2.75, 3.05) is 0 Å². The Hall–Kier alpha value is -0.830. The van der Waals surface area contributed by atoms with Crippen LogP contribution in [0.3, 0.4) is 0 Å². The number of hydrogen-bond acceptors (Lipinski definition) is 2. The van der Waals surface area contributed by atoms with Gasteiger partial charge in [-0.25, -0.2) is 0 Å². The first kappa shape index (κ1) is 12.6. The first-order valence-electron chi connectivity index (χ1n) is 6.97. The van der Waals surface area contributed by atoms with Crippen LogP contribution in [0.25, 0.3) is 0 Å². The molecule has 2 rings (SSSR count). The predicted octanol–water partition coefficient (Wildman–Crippen LogP) is 2.13. The van der Waals surface area contributed by atoms with Crippen molar-refractivity contribution < 1.29 is 4.79 Å². The smallest absolute Gasteiger partial charge is 0.237 e. The van der Waals surface area contributed by atoms with E-state index in [1.54, 1.807) is 0 Å². The van der Waals surface area contributed by atoms with Crippen LogP contribution >= 0.6 is 0 Å². The minimum absolute atomic E-state index is 0.0678. The number of nitrogens with one attached hydrogen (secondary N) is 2. The molecule has 96 valence electrons. The van der Waals surface area contributed by atoms with Crippen molar-refractivity contribution in [3.8, 4) is 0 Å². The van der Waals surface area contributed by atoms with Gasteiger partial charge in [0.1, 0.15) is 0 Å². The Morgan fingerprint density at radius 3 is 2.41 bits per heavy atom. The van der Waals surface area contributed by atoms with Crippen LogP contribution < -0.4 is 10.6 Å². The molecule has 1 amide bonds. The number of carbonyl (C=O) groups is 1. The largest absolute Gasteiger partial charge is 0.352 e. The van der Waals surface area contributed by atoms with Crippen molar-refractivity contribution in [1.82, 2.24) is 10.6 Å². The summed E-state index contributed by atoms with van der Waals surface area (Å²) >= 11 is 0. The maximum Gasteiger partial charge on any atom is 0.237 e. The molecule has 0 aromatic rings. The van der Waals surface area contributed by atoms with E-state index in [0.717, 1.165) is 25.7 Å². The topological polar surface area (TPSA) is 41.1 Å². The van der Waals surface area contributed by atoms with Crippen LogP contribution in [-0.4, -0.2) is 24.0 Å². The van der Waals surface area contributed by atoms with Crippen molar-refractivity contribution in [3.63, 3.8) is 0 Å². The number of rotatable bonds is 4. The fourth-order valence-corrected chi connectivity index (χ4v) is 2.76. The monoisotopic (exact) mass is 236 g/mol. The van der Waals surface area contributed by atoms with E-state index in [4.69, 9.17) is 0 Å². The summed E-state index contributed by atoms with van der Waals surface area (Å²) in [4.78, 5) is 12.0. The highest BCUT2D eigenvalue weighted by Gasteiger charge is 2.21. The molecule has 0 saturated heterocycles. The van der Waals surface area contributed by atoms with Gasteiger partial charge in [0.25, 0.3) is 0 Å². The van der Waals surface area contributed by atoms with E-state index in [1.165, 1.54) is 19.3 Å². The SMILES string of the molecule is CC(NC1CC=CC1)C(=O)NC1CCCCC1. The highest BCUT2D eigenvalue weighted by atomic mass is 16.2. The van der Waals surface area contributed by atoms with Gasteiger partial charge in [-0.1, -0.05) is 31.4 Å². The van der Waals surface area contributed by atoms with E-state index in [1.807, 2.05) is 6.92 Å². The number of carbonyl (C=O) groups excluding carboxylic acids is 1. The molecule has 17 heavy (non-hydrogen) atoms. The molecule has 1 atom stereocenters. The van der Waals surface area contributed by atoms with E-state index >= 15 is 0 Å². The Morgan fingerprint density at radius 2 is 1.76 bits per heavy atom. The average molecular weight is 236 g/mol. The lowest BCUT2D eigenvalue weighted by atomic mass is 9.95. The molecule has 2 aliphatic carbocycles. The van der Waals surface area contributed by atoms with E-state index in [-0.39, 0.29) is 11.9 Å². The zero-order valence-corrected chi connectivity index (χ0v) is 10.7. The van der Waals surface area contributed by atoms with Crippen LogP contribution in [0.4, 0.5) is 0 Å². The van der Waals surface area contributed by atoms with Gasteiger partial charge in [-0.15, -0.1) is 0 Å². The third-order valence-electron chi connectivity index (χ3n) is 3.84. The van der Waals surface area contributed by atoms with Crippen molar-refractivity contribution in [2.24, 2.45) is 0 Å². The molecule has 0 bridgehead atoms. The normalized spacial score (nSPS) is 23.8. The van der Waals surface area contributed by atoms with Gasteiger partial charge < -0.3 is 10.6 Å². The van der Waals surface area contributed by atoms with Gasteiger partial charge in [0.05, 0.1) is 6.04 Å². The first-order valence-corrected chi connectivity index (χ1v) is 6.97. The molecule has 0 aromatic heterocycles. The van der Waals surface area contributed by atoms with E-state index in [0.29, 0.717) is 12.1 Å². The Labute approximate surface area is 104 Å². The molecule has 0 radical (unpaired) electrons. The standard InChI is InChI=1S/C14H24N2O/c1-11(15-12-9-5-6-10-12)14(17)16-13-7-3-2-4-8-13/h5-6,11-13,15H,2-4,7-10H2,1H3,(H,16,17). The molecule has 0 aromatic carbocycles. The first-order chi connectivity index (χ1) is 8.25. The van der Waals surface area contributed by atoms with Gasteiger partial charge in [0.2, 0.25) is 5.91 Å². The fraction of sp³-hybridized carbons (Fsp3) is 0.786. The molecule has 0 aliphatic heterocycles. The minimum atomic E-state index is -0.0678. The van der Waals surface area contributed by atoms with E-state index in [2.05, 4.69) is 22.8 Å². The van der Waals surface area contributed by atoms with E-state index in [9.17, 15) is 4.79 Å². The molecule has 0 heterocycles. The number of amides is 1. The predicted molar refractivity (Wildman–Crippen MR) is 69.8 cm³/mol. The van der Waals surface area contributed by atoms with Crippen molar-refractivity contribution in [3.05, 3.63) is 12.2 Å². The summed E-state index contributed by atoms with van der Waals surface area (Å²) in [5.74, 6) is 0.170. The summed E-state index contributed by atoms with van der Waals surface area (Å²) in [5.41, 5.74) is 0. The summed E-state index contributed by atoms with van der Waals surface area (Å²) in [6, 6.07) is 0.811. The Balaban J connectivity index is 1.70. The van der Waals surface area contributed by atoms with Gasteiger partial charge in [-0.3, -0.25) is 4.79 Å².